The van der Waals surface area contributed by atoms with Gasteiger partial charge in [-0.05, 0) is 38.9 Å². The summed E-state index contributed by atoms with van der Waals surface area (Å²) in [5, 5.41) is 7.75. The second kappa shape index (κ2) is 6.90. The van der Waals surface area contributed by atoms with Crippen molar-refractivity contribution < 1.29 is 0 Å². The monoisotopic (exact) mass is 250 g/mol. The molecule has 102 valence electrons. The van der Waals surface area contributed by atoms with Crippen molar-refractivity contribution in [2.75, 3.05) is 26.2 Å². The first-order chi connectivity index (χ1) is 8.77. The average molecular weight is 250 g/mol. The molecule has 1 aromatic heterocycles. The molecule has 1 atom stereocenters. The van der Waals surface area contributed by atoms with Gasteiger partial charge in [0.1, 0.15) is 0 Å². The van der Waals surface area contributed by atoms with E-state index in [0.717, 1.165) is 19.5 Å². The van der Waals surface area contributed by atoms with E-state index in [2.05, 4.69) is 28.3 Å². The van der Waals surface area contributed by atoms with Crippen LogP contribution in [-0.2, 0) is 13.5 Å². The van der Waals surface area contributed by atoms with Crippen LogP contribution in [0, 0.1) is 0 Å². The van der Waals surface area contributed by atoms with E-state index in [0.29, 0.717) is 6.04 Å². The van der Waals surface area contributed by atoms with Gasteiger partial charge >= 0.3 is 0 Å². The van der Waals surface area contributed by atoms with E-state index in [1.807, 2.05) is 17.9 Å². The average Bonchev–Trinajstić information content (AvgIpc) is 2.81. The van der Waals surface area contributed by atoms with Crippen molar-refractivity contribution >= 4 is 0 Å². The summed E-state index contributed by atoms with van der Waals surface area (Å²) in [5.41, 5.74) is 1.30. The molecule has 0 radical (unpaired) electrons. The lowest BCUT2D eigenvalue weighted by molar-refractivity contribution is 0.171. The lowest BCUT2D eigenvalue weighted by atomic mass is 10.1. The van der Waals surface area contributed by atoms with E-state index in [1.165, 1.54) is 38.0 Å². The van der Waals surface area contributed by atoms with Crippen LogP contribution in [0.25, 0.3) is 0 Å². The molecule has 4 heteroatoms. The Kier molecular flexibility index (Phi) is 5.20. The first-order valence-electron chi connectivity index (χ1n) is 7.19. The van der Waals surface area contributed by atoms with Gasteiger partial charge < -0.3 is 5.32 Å². The third kappa shape index (κ3) is 3.82. The molecule has 1 aliphatic rings. The second-order valence-corrected chi connectivity index (χ2v) is 5.35. The Hall–Kier alpha value is -0.870. The van der Waals surface area contributed by atoms with Crippen LogP contribution in [0.15, 0.2) is 12.3 Å². The second-order valence-electron chi connectivity index (χ2n) is 5.35. The summed E-state index contributed by atoms with van der Waals surface area (Å²) >= 11 is 0. The van der Waals surface area contributed by atoms with E-state index in [4.69, 9.17) is 0 Å². The fraction of sp³-hybridized carbons (Fsp3) is 0.786. The molecule has 1 aromatic rings. The number of rotatable bonds is 6. The number of hydrogen-bond donors (Lipinski definition) is 1. The Labute approximate surface area is 110 Å². The van der Waals surface area contributed by atoms with Crippen LogP contribution in [-0.4, -0.2) is 46.9 Å². The van der Waals surface area contributed by atoms with Crippen LogP contribution < -0.4 is 5.32 Å². The zero-order chi connectivity index (χ0) is 12.8. The van der Waals surface area contributed by atoms with E-state index >= 15 is 0 Å². The van der Waals surface area contributed by atoms with Crippen LogP contribution in [0.1, 0.15) is 31.9 Å². The smallest absolute Gasteiger partial charge is 0.0492 e. The van der Waals surface area contributed by atoms with Crippen LogP contribution >= 0.6 is 0 Å². The molecule has 1 N–H and O–H groups in total. The molecule has 0 spiro atoms. The molecule has 0 amide bonds. The fourth-order valence-electron chi connectivity index (χ4n) is 2.66. The predicted octanol–water partition coefficient (Wildman–Crippen LogP) is 1.43. The highest BCUT2D eigenvalue weighted by atomic mass is 15.3. The summed E-state index contributed by atoms with van der Waals surface area (Å²) in [6, 6.07) is 2.76. The van der Waals surface area contributed by atoms with Gasteiger partial charge in [0.15, 0.2) is 0 Å². The summed E-state index contributed by atoms with van der Waals surface area (Å²) in [4.78, 5) is 2.61. The summed E-state index contributed by atoms with van der Waals surface area (Å²) in [5.74, 6) is 0. The number of likely N-dealkylation sites (tertiary alicyclic amines) is 1. The van der Waals surface area contributed by atoms with Crippen LogP contribution in [0.4, 0.5) is 0 Å². The maximum absolute atomic E-state index is 4.18. The minimum Gasteiger partial charge on any atom is -0.315 e. The Balaban J connectivity index is 1.61. The molecule has 1 unspecified atom stereocenters. The minimum absolute atomic E-state index is 0.664. The molecule has 0 aromatic carbocycles. The van der Waals surface area contributed by atoms with Gasteiger partial charge in [-0.15, -0.1) is 0 Å². The lowest BCUT2D eigenvalue weighted by Crippen LogP contribution is -2.43. The van der Waals surface area contributed by atoms with Gasteiger partial charge in [0.2, 0.25) is 0 Å². The molecule has 2 heterocycles. The molecule has 4 nitrogen and oxygen atoms in total. The number of aryl methyl sites for hydroxylation is 1. The van der Waals surface area contributed by atoms with Crippen molar-refractivity contribution in [2.24, 2.45) is 7.05 Å². The molecular formula is C14H26N4. The Bertz CT molecular complexity index is 341. The standard InChI is InChI=1S/C14H26N4/c1-13(18-10-4-3-5-11-18)12-15-8-6-14-7-9-16-17(14)2/h7,9,13,15H,3-6,8,10-12H2,1-2H3. The zero-order valence-electron chi connectivity index (χ0n) is 11.7. The van der Waals surface area contributed by atoms with Crippen LogP contribution in [0.2, 0.25) is 0 Å². The quantitative estimate of drug-likeness (QED) is 0.775. The molecule has 1 saturated heterocycles. The highest BCUT2D eigenvalue weighted by molar-refractivity contribution is 5.00. The van der Waals surface area contributed by atoms with Crippen molar-refractivity contribution in [1.29, 1.82) is 0 Å². The van der Waals surface area contributed by atoms with Gasteiger partial charge in [-0.1, -0.05) is 6.42 Å². The van der Waals surface area contributed by atoms with E-state index < -0.39 is 0 Å². The third-order valence-electron chi connectivity index (χ3n) is 3.93. The van der Waals surface area contributed by atoms with Crippen molar-refractivity contribution in [3.05, 3.63) is 18.0 Å². The molecule has 1 fully saturated rings. The van der Waals surface area contributed by atoms with Gasteiger partial charge in [-0.3, -0.25) is 9.58 Å². The van der Waals surface area contributed by atoms with Crippen molar-refractivity contribution in [3.8, 4) is 0 Å². The molecule has 1 aliphatic heterocycles. The molecular weight excluding hydrogens is 224 g/mol. The summed E-state index contributed by atoms with van der Waals surface area (Å²) < 4.78 is 1.95. The first kappa shape index (κ1) is 13.6. The van der Waals surface area contributed by atoms with Gasteiger partial charge in [0, 0.05) is 44.5 Å². The fourth-order valence-corrected chi connectivity index (χ4v) is 2.66. The number of aromatic nitrogens is 2. The third-order valence-corrected chi connectivity index (χ3v) is 3.93. The normalized spacial score (nSPS) is 19.0. The molecule has 2 rings (SSSR count). The number of nitrogens with zero attached hydrogens (tertiary/aromatic N) is 3. The molecule has 0 aliphatic carbocycles. The Morgan fingerprint density at radius 1 is 1.33 bits per heavy atom. The Morgan fingerprint density at radius 2 is 2.11 bits per heavy atom. The highest BCUT2D eigenvalue weighted by Crippen LogP contribution is 2.11. The van der Waals surface area contributed by atoms with Crippen LogP contribution in [0.3, 0.4) is 0 Å². The van der Waals surface area contributed by atoms with Gasteiger partial charge in [-0.25, -0.2) is 0 Å². The van der Waals surface area contributed by atoms with Crippen LogP contribution in [0.5, 0.6) is 0 Å². The molecule has 18 heavy (non-hydrogen) atoms. The highest BCUT2D eigenvalue weighted by Gasteiger charge is 2.15. The van der Waals surface area contributed by atoms with Crippen molar-refractivity contribution in [2.45, 2.75) is 38.6 Å². The van der Waals surface area contributed by atoms with Gasteiger partial charge in [0.05, 0.1) is 0 Å². The zero-order valence-corrected chi connectivity index (χ0v) is 11.7. The topological polar surface area (TPSA) is 33.1 Å². The van der Waals surface area contributed by atoms with E-state index in [9.17, 15) is 0 Å². The largest absolute Gasteiger partial charge is 0.315 e. The molecule has 0 saturated carbocycles. The van der Waals surface area contributed by atoms with E-state index in [-0.39, 0.29) is 0 Å². The summed E-state index contributed by atoms with van der Waals surface area (Å²) in [6.45, 7) is 7.03. The lowest BCUT2D eigenvalue weighted by Gasteiger charge is -2.32. The predicted molar refractivity (Wildman–Crippen MR) is 74.7 cm³/mol. The number of nitrogens with one attached hydrogen (secondary N) is 1. The maximum Gasteiger partial charge on any atom is 0.0492 e. The van der Waals surface area contributed by atoms with Crippen molar-refractivity contribution in [1.82, 2.24) is 20.0 Å². The Morgan fingerprint density at radius 3 is 2.78 bits per heavy atom. The van der Waals surface area contributed by atoms with Crippen molar-refractivity contribution in [3.63, 3.8) is 0 Å². The van der Waals surface area contributed by atoms with E-state index in [1.54, 1.807) is 0 Å². The molecule has 0 bridgehead atoms. The number of hydrogen-bond acceptors (Lipinski definition) is 3. The maximum atomic E-state index is 4.18. The summed E-state index contributed by atoms with van der Waals surface area (Å²) in [7, 11) is 2.01. The van der Waals surface area contributed by atoms with Gasteiger partial charge in [0.25, 0.3) is 0 Å². The number of piperidine rings is 1. The summed E-state index contributed by atoms with van der Waals surface area (Å²) in [6.07, 6.45) is 7.09. The SMILES string of the molecule is CC(CNCCc1ccnn1C)N1CCCCC1. The van der Waals surface area contributed by atoms with Gasteiger partial charge in [-0.2, -0.15) is 5.10 Å². The first-order valence-corrected chi connectivity index (χ1v) is 7.19. The minimum atomic E-state index is 0.664.